The summed E-state index contributed by atoms with van der Waals surface area (Å²) in [7, 11) is 0. The van der Waals surface area contributed by atoms with Crippen LogP contribution in [0.25, 0.3) is 0 Å². The van der Waals surface area contributed by atoms with E-state index in [1.165, 1.54) is 38.5 Å². The molecule has 0 aromatic heterocycles. The average Bonchev–Trinajstić information content (AvgIpc) is 2.65. The van der Waals surface area contributed by atoms with Crippen molar-refractivity contribution in [2.45, 2.75) is 96.8 Å². The Balaban J connectivity index is 3.68. The van der Waals surface area contributed by atoms with Crippen LogP contribution in [0, 0.1) is 5.92 Å². The first-order valence-corrected chi connectivity index (χ1v) is 10.6. The van der Waals surface area contributed by atoms with Crippen molar-refractivity contribution in [3.63, 3.8) is 0 Å². The number of carboxylic acid groups (broad SMARTS) is 1. The zero-order chi connectivity index (χ0) is 20.3. The number of esters is 1. The molecule has 0 radical (unpaired) electrons. The van der Waals surface area contributed by atoms with Crippen LogP contribution in [0.3, 0.4) is 0 Å². The zero-order valence-corrected chi connectivity index (χ0v) is 17.0. The fourth-order valence-corrected chi connectivity index (χ4v) is 3.01. The maximum atomic E-state index is 11.4. The number of ketones is 1. The van der Waals surface area contributed by atoms with E-state index in [2.05, 4.69) is 6.92 Å². The van der Waals surface area contributed by atoms with Gasteiger partial charge in [0.25, 0.3) is 0 Å². The third kappa shape index (κ3) is 16.5. The van der Waals surface area contributed by atoms with Gasteiger partial charge in [-0.1, -0.05) is 58.3 Å². The third-order valence-corrected chi connectivity index (χ3v) is 4.80. The normalized spacial score (nSPS) is 11.9. The molecule has 0 fully saturated rings. The number of carbonyl (C=O) groups is 3. The number of Topliss-reactive ketones (excluding diaryl/α,β-unsaturated/α-hetero) is 1. The summed E-state index contributed by atoms with van der Waals surface area (Å²) in [6.45, 7) is 2.43. The van der Waals surface area contributed by atoms with Gasteiger partial charge >= 0.3 is 11.9 Å². The van der Waals surface area contributed by atoms with Gasteiger partial charge in [-0.05, 0) is 25.7 Å². The molecule has 0 spiro atoms. The van der Waals surface area contributed by atoms with Crippen LogP contribution in [0.5, 0.6) is 0 Å². The van der Waals surface area contributed by atoms with E-state index in [4.69, 9.17) is 10.5 Å². The Bertz CT molecular complexity index is 411. The molecule has 0 aromatic carbocycles. The molecule has 0 saturated carbocycles. The van der Waals surface area contributed by atoms with Gasteiger partial charge in [0.1, 0.15) is 5.78 Å². The number of rotatable bonds is 19. The molecule has 6 heteroatoms. The number of unbranched alkanes of at least 4 members (excludes halogenated alkanes) is 8. The van der Waals surface area contributed by atoms with Gasteiger partial charge in [0, 0.05) is 6.42 Å². The lowest BCUT2D eigenvalue weighted by molar-refractivity contribution is -0.145. The van der Waals surface area contributed by atoms with E-state index < -0.39 is 11.9 Å². The molecule has 1 atom stereocenters. The van der Waals surface area contributed by atoms with E-state index in [9.17, 15) is 19.5 Å². The van der Waals surface area contributed by atoms with Crippen LogP contribution in [0.1, 0.15) is 96.8 Å². The molecule has 0 aliphatic carbocycles. The van der Waals surface area contributed by atoms with Gasteiger partial charge in [0.15, 0.2) is 0 Å². The summed E-state index contributed by atoms with van der Waals surface area (Å²) in [5.41, 5.74) is 5.18. The highest BCUT2D eigenvalue weighted by Crippen LogP contribution is 2.18. The summed E-state index contributed by atoms with van der Waals surface area (Å²) in [4.78, 5) is 33.8. The van der Waals surface area contributed by atoms with E-state index in [0.717, 1.165) is 25.7 Å². The first kappa shape index (κ1) is 25.6. The molecule has 3 N–H and O–H groups in total. The van der Waals surface area contributed by atoms with E-state index in [0.29, 0.717) is 12.8 Å². The maximum Gasteiger partial charge on any atom is 0.306 e. The summed E-state index contributed by atoms with van der Waals surface area (Å²) in [6, 6.07) is 0. The monoisotopic (exact) mass is 385 g/mol. The SMILES string of the molecule is CCCCCCCCCCC(CCCCOC(=O)CCC(=O)CN)C(=O)O. The largest absolute Gasteiger partial charge is 0.481 e. The number of carbonyl (C=O) groups excluding carboxylic acids is 2. The number of carboxylic acids is 1. The highest BCUT2D eigenvalue weighted by Gasteiger charge is 2.16. The Morgan fingerprint density at radius 1 is 0.852 bits per heavy atom. The minimum absolute atomic E-state index is 0.0529. The van der Waals surface area contributed by atoms with Gasteiger partial charge in [-0.15, -0.1) is 0 Å². The fourth-order valence-electron chi connectivity index (χ4n) is 3.01. The number of ether oxygens (including phenoxy) is 1. The molecule has 0 heterocycles. The predicted octanol–water partition coefficient (Wildman–Crippen LogP) is 4.24. The first-order chi connectivity index (χ1) is 13.0. The van der Waals surface area contributed by atoms with Crippen LogP contribution in [0.2, 0.25) is 0 Å². The average molecular weight is 386 g/mol. The minimum Gasteiger partial charge on any atom is -0.481 e. The summed E-state index contributed by atoms with van der Waals surface area (Å²) in [6.07, 6.45) is 12.6. The second-order valence-corrected chi connectivity index (χ2v) is 7.26. The summed E-state index contributed by atoms with van der Waals surface area (Å²) in [5, 5.41) is 9.34. The Morgan fingerprint density at radius 2 is 1.41 bits per heavy atom. The van der Waals surface area contributed by atoms with Crippen LogP contribution in [0.4, 0.5) is 0 Å². The van der Waals surface area contributed by atoms with E-state index >= 15 is 0 Å². The van der Waals surface area contributed by atoms with Crippen molar-refractivity contribution < 1.29 is 24.2 Å². The Kier molecular flexibility index (Phi) is 17.0. The highest BCUT2D eigenvalue weighted by atomic mass is 16.5. The lowest BCUT2D eigenvalue weighted by Gasteiger charge is -2.12. The molecule has 0 bridgehead atoms. The fraction of sp³-hybridized carbons (Fsp3) is 0.857. The van der Waals surface area contributed by atoms with Crippen molar-refractivity contribution in [1.29, 1.82) is 0 Å². The van der Waals surface area contributed by atoms with Crippen molar-refractivity contribution in [1.82, 2.24) is 0 Å². The molecule has 158 valence electrons. The van der Waals surface area contributed by atoms with E-state index in [1.807, 2.05) is 0 Å². The van der Waals surface area contributed by atoms with Crippen molar-refractivity contribution in [3.05, 3.63) is 0 Å². The third-order valence-electron chi connectivity index (χ3n) is 4.80. The van der Waals surface area contributed by atoms with Crippen LogP contribution in [-0.2, 0) is 19.1 Å². The number of nitrogens with two attached hydrogens (primary N) is 1. The number of hydrogen-bond donors (Lipinski definition) is 2. The van der Waals surface area contributed by atoms with Gasteiger partial charge < -0.3 is 15.6 Å². The predicted molar refractivity (Wildman–Crippen MR) is 106 cm³/mol. The second-order valence-electron chi connectivity index (χ2n) is 7.26. The molecule has 0 rings (SSSR count). The minimum atomic E-state index is -0.727. The molecule has 0 aromatic rings. The van der Waals surface area contributed by atoms with E-state index in [-0.39, 0.29) is 37.7 Å². The molecular formula is C21H39NO5. The Morgan fingerprint density at radius 3 is 1.96 bits per heavy atom. The summed E-state index contributed by atoms with van der Waals surface area (Å²) >= 11 is 0. The van der Waals surface area contributed by atoms with Gasteiger partial charge in [-0.25, -0.2) is 0 Å². The molecular weight excluding hydrogens is 346 g/mol. The first-order valence-electron chi connectivity index (χ1n) is 10.6. The number of hydrogen-bond acceptors (Lipinski definition) is 5. The van der Waals surface area contributed by atoms with Crippen LogP contribution < -0.4 is 5.73 Å². The van der Waals surface area contributed by atoms with Crippen molar-refractivity contribution in [3.8, 4) is 0 Å². The maximum absolute atomic E-state index is 11.4. The van der Waals surface area contributed by atoms with Gasteiger partial charge in [-0.3, -0.25) is 14.4 Å². The van der Waals surface area contributed by atoms with Crippen molar-refractivity contribution >= 4 is 17.7 Å². The van der Waals surface area contributed by atoms with Gasteiger partial charge in [0.05, 0.1) is 25.5 Å². The lowest BCUT2D eigenvalue weighted by Crippen LogP contribution is -2.16. The Labute approximate surface area is 164 Å². The quantitative estimate of drug-likeness (QED) is 0.254. The topological polar surface area (TPSA) is 107 Å². The van der Waals surface area contributed by atoms with Crippen molar-refractivity contribution in [2.24, 2.45) is 11.7 Å². The molecule has 27 heavy (non-hydrogen) atoms. The van der Waals surface area contributed by atoms with Gasteiger partial charge in [0.2, 0.25) is 0 Å². The zero-order valence-electron chi connectivity index (χ0n) is 17.0. The van der Waals surface area contributed by atoms with Crippen LogP contribution in [-0.4, -0.2) is 36.0 Å². The summed E-state index contributed by atoms with van der Waals surface area (Å²) < 4.78 is 5.05. The standard InChI is InChI=1S/C21H39NO5/c1-2-3-4-5-6-7-8-9-12-18(21(25)26)13-10-11-16-27-20(24)15-14-19(23)17-22/h18H,2-17,22H2,1H3,(H,25,26). The molecule has 0 amide bonds. The van der Waals surface area contributed by atoms with E-state index in [1.54, 1.807) is 0 Å². The van der Waals surface area contributed by atoms with Crippen LogP contribution in [0.15, 0.2) is 0 Å². The molecule has 1 unspecified atom stereocenters. The second kappa shape index (κ2) is 18.0. The van der Waals surface area contributed by atoms with Gasteiger partial charge in [-0.2, -0.15) is 0 Å². The molecule has 0 aliphatic heterocycles. The highest BCUT2D eigenvalue weighted by molar-refractivity contribution is 5.84. The number of aliphatic carboxylic acids is 1. The summed E-state index contributed by atoms with van der Waals surface area (Å²) in [5.74, 6) is -1.58. The Hall–Kier alpha value is -1.43. The molecule has 0 aliphatic rings. The lowest BCUT2D eigenvalue weighted by atomic mass is 9.95. The smallest absolute Gasteiger partial charge is 0.306 e. The molecule has 0 saturated heterocycles. The van der Waals surface area contributed by atoms with Crippen LogP contribution >= 0.6 is 0 Å². The molecule has 6 nitrogen and oxygen atoms in total. The van der Waals surface area contributed by atoms with Crippen molar-refractivity contribution in [2.75, 3.05) is 13.2 Å².